The second-order valence-electron chi connectivity index (χ2n) is 5.43. The zero-order chi connectivity index (χ0) is 20.6. The Labute approximate surface area is 172 Å². The Morgan fingerprint density at radius 2 is 0.786 bits per heavy atom. The van der Waals surface area contributed by atoms with E-state index >= 15 is 0 Å². The lowest BCUT2D eigenvalue weighted by atomic mass is 10.3. The van der Waals surface area contributed by atoms with Crippen LogP contribution in [0, 0.1) is 0 Å². The van der Waals surface area contributed by atoms with Gasteiger partial charge in [-0.05, 0) is 60.7 Å². The fraction of sp³-hybridized carbons (Fsp3) is 0.217. The summed E-state index contributed by atoms with van der Waals surface area (Å²) in [5.74, 6) is 2.69. The maximum atomic E-state index is 5.13. The minimum absolute atomic E-state index is 0.888. The van der Waals surface area contributed by atoms with Crippen LogP contribution in [-0.4, -0.2) is 35.5 Å². The van der Waals surface area contributed by atoms with Crippen LogP contribution in [0.25, 0.3) is 0 Å². The molecule has 3 aromatic rings. The van der Waals surface area contributed by atoms with Gasteiger partial charge in [-0.2, -0.15) is 0 Å². The summed E-state index contributed by atoms with van der Waals surface area (Å²) in [6, 6.07) is 25.9. The molecule has 0 aliphatic carbocycles. The van der Waals surface area contributed by atoms with Crippen LogP contribution in [-0.2, 0) is 16.5 Å². The maximum Gasteiger partial charge on any atom is 0.158 e. The van der Waals surface area contributed by atoms with Gasteiger partial charge in [-0.1, -0.05) is 18.2 Å². The summed E-state index contributed by atoms with van der Waals surface area (Å²) in [5.41, 5.74) is 0. The first-order valence-corrected chi connectivity index (χ1v) is 9.55. The van der Waals surface area contributed by atoms with Crippen molar-refractivity contribution in [1.82, 2.24) is 0 Å². The lowest BCUT2D eigenvalue weighted by Crippen LogP contribution is -1.87. The fourth-order valence-corrected chi connectivity index (χ4v) is 2.91. The van der Waals surface area contributed by atoms with E-state index in [4.69, 9.17) is 14.2 Å². The topological polar surface area (TPSA) is 36.9 Å². The third-order valence-corrected chi connectivity index (χ3v) is 4.49. The first-order chi connectivity index (χ1) is 13.7. The molecule has 0 fully saturated rings. The number of benzene rings is 3. The molecule has 28 heavy (non-hydrogen) atoms. The van der Waals surface area contributed by atoms with Crippen LogP contribution in [0.4, 0.5) is 0 Å². The Hall–Kier alpha value is -2.63. The normalized spacial score (nSPS) is 9.18. The average molecular weight is 402 g/mol. The van der Waals surface area contributed by atoms with Crippen LogP contribution < -0.4 is 14.2 Å². The number of thiol groups is 1. The number of rotatable bonds is 5. The minimum Gasteiger partial charge on any atom is -0.497 e. The summed E-state index contributed by atoms with van der Waals surface area (Å²) in [4.78, 5) is 2.49. The molecule has 0 spiro atoms. The van der Waals surface area contributed by atoms with E-state index in [-0.39, 0.29) is 0 Å². The third kappa shape index (κ3) is 9.35. The van der Waals surface area contributed by atoms with Crippen molar-refractivity contribution in [2.75, 3.05) is 35.5 Å². The molecule has 0 N–H and O–H groups in total. The Kier molecular flexibility index (Phi) is 12.1. The van der Waals surface area contributed by atoms with Crippen LogP contribution in [0.5, 0.6) is 17.2 Å². The smallest absolute Gasteiger partial charge is 0.158 e. The van der Waals surface area contributed by atoms with Crippen LogP contribution in [0.3, 0.4) is 0 Å². The first-order valence-electron chi connectivity index (χ1n) is 8.65. The van der Waals surface area contributed by atoms with E-state index in [0.29, 0.717) is 0 Å². The van der Waals surface area contributed by atoms with Gasteiger partial charge in [0.2, 0.25) is 0 Å². The van der Waals surface area contributed by atoms with Gasteiger partial charge in [0.25, 0.3) is 0 Å². The number of para-hydroxylation sites is 1. The van der Waals surface area contributed by atoms with E-state index in [2.05, 4.69) is 29.0 Å². The monoisotopic (exact) mass is 401 g/mol. The van der Waals surface area contributed by atoms with Crippen LogP contribution in [0.2, 0.25) is 0 Å². The van der Waals surface area contributed by atoms with Gasteiger partial charge in [-0.25, -0.2) is 0 Å². The van der Waals surface area contributed by atoms with Crippen molar-refractivity contribution < 1.29 is 18.9 Å². The quantitative estimate of drug-likeness (QED) is 0.450. The Bertz CT molecular complexity index is 698. The van der Waals surface area contributed by atoms with E-state index in [0.717, 1.165) is 17.2 Å². The zero-order valence-electron chi connectivity index (χ0n) is 17.1. The second-order valence-corrected chi connectivity index (χ2v) is 6.69. The average Bonchev–Trinajstić information content (AvgIpc) is 2.76. The van der Waals surface area contributed by atoms with Crippen LogP contribution >= 0.6 is 0 Å². The zero-order valence-corrected chi connectivity index (χ0v) is 18.0. The standard InChI is InChI=1S/C14H14O2S.C7H8O.C2H6O/c1-15-11-3-7-13(8-4-11)17-14-9-5-12(16-2)6-10-14;1-8-7-5-3-2-4-6-7;1-3-2/h3-10H,1-2H3;2-6H,1H3;1-2H3/p+1. The maximum absolute atomic E-state index is 5.13. The lowest BCUT2D eigenvalue weighted by molar-refractivity contribution is 0.277. The molecule has 0 radical (unpaired) electrons. The molecule has 0 unspecified atom stereocenters. The van der Waals surface area contributed by atoms with Crippen molar-refractivity contribution in [3.05, 3.63) is 78.9 Å². The minimum atomic E-state index is 0.888. The van der Waals surface area contributed by atoms with Gasteiger partial charge in [-0.15, -0.1) is 0 Å². The molecule has 4 nitrogen and oxygen atoms in total. The van der Waals surface area contributed by atoms with Gasteiger partial charge >= 0.3 is 0 Å². The number of ether oxygens (including phenoxy) is 4. The van der Waals surface area contributed by atoms with E-state index in [9.17, 15) is 0 Å². The first kappa shape index (κ1) is 23.4. The van der Waals surface area contributed by atoms with E-state index < -0.39 is 0 Å². The molecule has 0 aromatic heterocycles. The van der Waals surface area contributed by atoms with Gasteiger partial charge in [0.1, 0.15) is 17.2 Å². The highest BCUT2D eigenvalue weighted by molar-refractivity contribution is 7.78. The Morgan fingerprint density at radius 1 is 0.464 bits per heavy atom. The molecule has 0 heterocycles. The molecule has 0 saturated carbocycles. The second kappa shape index (κ2) is 14.4. The molecule has 0 bridgehead atoms. The van der Waals surface area contributed by atoms with Crippen molar-refractivity contribution >= 4 is 11.8 Å². The highest BCUT2D eigenvalue weighted by atomic mass is 32.2. The van der Waals surface area contributed by atoms with Gasteiger partial charge in [0.15, 0.2) is 9.79 Å². The largest absolute Gasteiger partial charge is 0.497 e. The summed E-state index contributed by atoms with van der Waals surface area (Å²) in [5, 5.41) is 0. The summed E-state index contributed by atoms with van der Waals surface area (Å²) in [6.45, 7) is 0. The van der Waals surface area contributed by atoms with Crippen molar-refractivity contribution in [2.24, 2.45) is 0 Å². The highest BCUT2D eigenvalue weighted by Crippen LogP contribution is 2.19. The summed E-state index contributed by atoms with van der Waals surface area (Å²) in [7, 11) is 8.27. The highest BCUT2D eigenvalue weighted by Gasteiger charge is 2.07. The van der Waals surface area contributed by atoms with Crippen LogP contribution in [0.15, 0.2) is 88.7 Å². The SMILES string of the molecule is COC.COc1ccc([SH+]c2ccc(OC)cc2)cc1.COc1ccccc1. The van der Waals surface area contributed by atoms with Crippen molar-refractivity contribution in [2.45, 2.75) is 9.79 Å². The third-order valence-electron chi connectivity index (χ3n) is 3.38. The van der Waals surface area contributed by atoms with Gasteiger partial charge in [0, 0.05) is 26.0 Å². The van der Waals surface area contributed by atoms with E-state index in [1.54, 1.807) is 35.5 Å². The van der Waals surface area contributed by atoms with Gasteiger partial charge in [0.05, 0.1) is 21.3 Å². The molecule has 0 atom stereocenters. The molecule has 150 valence electrons. The molecule has 3 rings (SSSR count). The van der Waals surface area contributed by atoms with Crippen molar-refractivity contribution in [1.29, 1.82) is 0 Å². The molecular weight excluding hydrogens is 372 g/mol. The molecule has 0 aliphatic heterocycles. The van der Waals surface area contributed by atoms with Gasteiger partial charge < -0.3 is 18.9 Å². The Balaban J connectivity index is 0.000000296. The molecule has 0 aliphatic rings. The predicted octanol–water partition coefficient (Wildman–Crippen LogP) is 4.89. The van der Waals surface area contributed by atoms with Crippen molar-refractivity contribution in [3.63, 3.8) is 0 Å². The van der Waals surface area contributed by atoms with Gasteiger partial charge in [-0.3, -0.25) is 0 Å². The molecule has 3 aromatic carbocycles. The molecule has 5 heteroatoms. The number of hydrogen-bond acceptors (Lipinski definition) is 4. The molecule has 0 amide bonds. The number of methoxy groups -OCH3 is 4. The van der Waals surface area contributed by atoms with E-state index in [1.165, 1.54) is 21.6 Å². The summed E-state index contributed by atoms with van der Waals surface area (Å²) in [6.07, 6.45) is 0. The predicted molar refractivity (Wildman–Crippen MR) is 117 cm³/mol. The van der Waals surface area contributed by atoms with E-state index in [1.807, 2.05) is 54.6 Å². The molecule has 0 saturated heterocycles. The van der Waals surface area contributed by atoms with Crippen LogP contribution in [0.1, 0.15) is 0 Å². The van der Waals surface area contributed by atoms with Crippen molar-refractivity contribution in [3.8, 4) is 17.2 Å². The summed E-state index contributed by atoms with van der Waals surface area (Å²) < 4.78 is 19.4. The molecular formula is C23H29O4S+. The lowest BCUT2D eigenvalue weighted by Gasteiger charge is -1.99. The summed E-state index contributed by atoms with van der Waals surface area (Å²) >= 11 is 1.19. The Morgan fingerprint density at radius 3 is 1.07 bits per heavy atom. The fourth-order valence-electron chi connectivity index (χ4n) is 2.02. The number of hydrogen-bond donors (Lipinski definition) is 0.